The number of benzene rings is 1. The number of aryl methyl sites for hydroxylation is 1. The summed E-state index contributed by atoms with van der Waals surface area (Å²) in [6.07, 6.45) is 0. The van der Waals surface area contributed by atoms with Crippen molar-refractivity contribution in [2.45, 2.75) is 25.6 Å². The van der Waals surface area contributed by atoms with Crippen molar-refractivity contribution in [2.75, 3.05) is 5.32 Å². The van der Waals surface area contributed by atoms with Gasteiger partial charge in [0, 0.05) is 0 Å². The Balaban J connectivity index is 2.94. The van der Waals surface area contributed by atoms with Crippen LogP contribution in [0.1, 0.15) is 25.0 Å². The van der Waals surface area contributed by atoms with Crippen LogP contribution in [0.15, 0.2) is 18.2 Å². The van der Waals surface area contributed by atoms with Gasteiger partial charge in [-0.25, -0.2) is 0 Å². The van der Waals surface area contributed by atoms with Crippen molar-refractivity contribution in [2.24, 2.45) is 5.92 Å². The van der Waals surface area contributed by atoms with Crippen LogP contribution >= 0.6 is 15.9 Å². The first-order valence-electron chi connectivity index (χ1n) is 5.42. The van der Waals surface area contributed by atoms with Gasteiger partial charge in [-0.2, -0.15) is 5.26 Å². The SMILES string of the molecule is Cc1cccc(NC(=O)C(Br)C(C)C)c1C#N. The summed E-state index contributed by atoms with van der Waals surface area (Å²) in [4.78, 5) is 11.6. The monoisotopic (exact) mass is 294 g/mol. The van der Waals surface area contributed by atoms with Gasteiger partial charge in [-0.05, 0) is 24.5 Å². The van der Waals surface area contributed by atoms with E-state index in [0.29, 0.717) is 11.3 Å². The fraction of sp³-hybridized carbons (Fsp3) is 0.385. The molecular weight excluding hydrogens is 280 g/mol. The molecule has 1 aromatic rings. The van der Waals surface area contributed by atoms with Crippen LogP contribution in [-0.2, 0) is 4.79 Å². The average Bonchev–Trinajstić information content (AvgIpc) is 2.28. The molecule has 0 spiro atoms. The molecule has 0 heterocycles. The maximum absolute atomic E-state index is 11.9. The highest BCUT2D eigenvalue weighted by molar-refractivity contribution is 9.10. The van der Waals surface area contributed by atoms with Crippen molar-refractivity contribution >= 4 is 27.5 Å². The molecule has 0 fully saturated rings. The largest absolute Gasteiger partial charge is 0.324 e. The van der Waals surface area contributed by atoms with Crippen LogP contribution in [0.3, 0.4) is 0 Å². The summed E-state index contributed by atoms with van der Waals surface area (Å²) in [7, 11) is 0. The highest BCUT2D eigenvalue weighted by atomic mass is 79.9. The van der Waals surface area contributed by atoms with E-state index in [9.17, 15) is 4.79 Å². The fourth-order valence-electron chi connectivity index (χ4n) is 1.42. The van der Waals surface area contributed by atoms with Gasteiger partial charge in [0.05, 0.1) is 16.1 Å². The lowest BCUT2D eigenvalue weighted by molar-refractivity contribution is -0.116. The topological polar surface area (TPSA) is 52.9 Å². The Labute approximate surface area is 110 Å². The van der Waals surface area contributed by atoms with Crippen molar-refractivity contribution < 1.29 is 4.79 Å². The number of carbonyl (C=O) groups is 1. The van der Waals surface area contributed by atoms with Gasteiger partial charge in [-0.15, -0.1) is 0 Å². The van der Waals surface area contributed by atoms with Crippen LogP contribution in [0.5, 0.6) is 0 Å². The van der Waals surface area contributed by atoms with Gasteiger partial charge < -0.3 is 5.32 Å². The van der Waals surface area contributed by atoms with Crippen LogP contribution < -0.4 is 5.32 Å². The number of nitrogens with zero attached hydrogens (tertiary/aromatic N) is 1. The molecular formula is C13H15BrN2O. The first kappa shape index (κ1) is 13.7. The second-order valence-corrected chi connectivity index (χ2v) is 5.23. The van der Waals surface area contributed by atoms with Crippen molar-refractivity contribution in [3.63, 3.8) is 0 Å². The van der Waals surface area contributed by atoms with Gasteiger partial charge in [0.25, 0.3) is 0 Å². The van der Waals surface area contributed by atoms with E-state index in [1.807, 2.05) is 32.9 Å². The molecule has 1 aromatic carbocycles. The molecule has 0 saturated heterocycles. The number of anilines is 1. The van der Waals surface area contributed by atoms with Gasteiger partial charge in [-0.3, -0.25) is 4.79 Å². The Kier molecular flexibility index (Phi) is 4.71. The third-order valence-corrected chi connectivity index (χ3v) is 3.95. The zero-order chi connectivity index (χ0) is 13.0. The molecule has 90 valence electrons. The van der Waals surface area contributed by atoms with Crippen molar-refractivity contribution in [1.29, 1.82) is 5.26 Å². The number of alkyl halides is 1. The van der Waals surface area contributed by atoms with E-state index in [1.54, 1.807) is 6.07 Å². The molecule has 1 N–H and O–H groups in total. The van der Waals surface area contributed by atoms with Gasteiger partial charge in [0.2, 0.25) is 5.91 Å². The number of amides is 1. The molecule has 0 radical (unpaired) electrons. The second-order valence-electron chi connectivity index (χ2n) is 4.24. The molecule has 0 aromatic heterocycles. The van der Waals surface area contributed by atoms with Crippen LogP contribution in [0.4, 0.5) is 5.69 Å². The minimum Gasteiger partial charge on any atom is -0.324 e. The normalized spacial score (nSPS) is 12.0. The summed E-state index contributed by atoms with van der Waals surface area (Å²) in [5, 5.41) is 11.8. The quantitative estimate of drug-likeness (QED) is 0.870. The summed E-state index contributed by atoms with van der Waals surface area (Å²) in [6.45, 7) is 5.77. The third kappa shape index (κ3) is 3.31. The molecule has 0 aliphatic carbocycles. The van der Waals surface area contributed by atoms with E-state index in [0.717, 1.165) is 5.56 Å². The third-order valence-electron chi connectivity index (χ3n) is 2.48. The molecule has 0 aliphatic heterocycles. The number of nitrogens with one attached hydrogen (secondary N) is 1. The Hall–Kier alpha value is -1.34. The maximum Gasteiger partial charge on any atom is 0.238 e. The Morgan fingerprint density at radius 3 is 2.65 bits per heavy atom. The number of nitriles is 1. The Bertz CT molecular complexity index is 463. The number of carbonyl (C=O) groups excluding carboxylic acids is 1. The van der Waals surface area contributed by atoms with Crippen LogP contribution in [0, 0.1) is 24.2 Å². The summed E-state index contributed by atoms with van der Waals surface area (Å²) < 4.78 is 0. The molecule has 3 nitrogen and oxygen atoms in total. The first-order valence-corrected chi connectivity index (χ1v) is 6.33. The van der Waals surface area contributed by atoms with E-state index in [2.05, 4.69) is 27.3 Å². The minimum absolute atomic E-state index is 0.123. The van der Waals surface area contributed by atoms with E-state index in [-0.39, 0.29) is 16.7 Å². The predicted molar refractivity (Wildman–Crippen MR) is 72.1 cm³/mol. The summed E-state index contributed by atoms with van der Waals surface area (Å²) in [5.41, 5.74) is 1.95. The van der Waals surface area contributed by atoms with E-state index < -0.39 is 0 Å². The van der Waals surface area contributed by atoms with Crippen molar-refractivity contribution in [3.8, 4) is 6.07 Å². The Morgan fingerprint density at radius 1 is 1.47 bits per heavy atom. The summed E-state index contributed by atoms with van der Waals surface area (Å²) in [5.74, 6) is 0.0763. The maximum atomic E-state index is 11.9. The minimum atomic E-state index is -0.255. The van der Waals surface area contributed by atoms with Crippen molar-refractivity contribution in [1.82, 2.24) is 0 Å². The van der Waals surface area contributed by atoms with E-state index in [4.69, 9.17) is 5.26 Å². The van der Waals surface area contributed by atoms with Crippen LogP contribution in [0.25, 0.3) is 0 Å². The first-order chi connectivity index (χ1) is 7.97. The second kappa shape index (κ2) is 5.83. The smallest absolute Gasteiger partial charge is 0.238 e. The molecule has 0 aliphatic rings. The van der Waals surface area contributed by atoms with Gasteiger partial charge in [-0.1, -0.05) is 41.9 Å². The van der Waals surface area contributed by atoms with Crippen LogP contribution in [0.2, 0.25) is 0 Å². The zero-order valence-electron chi connectivity index (χ0n) is 10.1. The lowest BCUT2D eigenvalue weighted by atomic mass is 10.1. The van der Waals surface area contributed by atoms with Gasteiger partial charge >= 0.3 is 0 Å². The lowest BCUT2D eigenvalue weighted by Gasteiger charge is -2.15. The van der Waals surface area contributed by atoms with E-state index in [1.165, 1.54) is 0 Å². The zero-order valence-corrected chi connectivity index (χ0v) is 11.7. The average molecular weight is 295 g/mol. The molecule has 1 atom stereocenters. The Morgan fingerprint density at radius 2 is 2.12 bits per heavy atom. The summed E-state index contributed by atoms with van der Waals surface area (Å²) >= 11 is 3.34. The lowest BCUT2D eigenvalue weighted by Crippen LogP contribution is -2.27. The molecule has 1 amide bonds. The molecule has 0 bridgehead atoms. The van der Waals surface area contributed by atoms with Gasteiger partial charge in [0.1, 0.15) is 6.07 Å². The highest BCUT2D eigenvalue weighted by Gasteiger charge is 2.19. The van der Waals surface area contributed by atoms with Crippen LogP contribution in [-0.4, -0.2) is 10.7 Å². The fourth-order valence-corrected chi connectivity index (χ4v) is 1.54. The van der Waals surface area contributed by atoms with Gasteiger partial charge in [0.15, 0.2) is 0 Å². The molecule has 17 heavy (non-hydrogen) atoms. The molecule has 0 saturated carbocycles. The molecule has 4 heteroatoms. The molecule has 1 rings (SSSR count). The number of rotatable bonds is 3. The van der Waals surface area contributed by atoms with Crippen molar-refractivity contribution in [3.05, 3.63) is 29.3 Å². The highest BCUT2D eigenvalue weighted by Crippen LogP contribution is 2.20. The number of halogens is 1. The number of hydrogen-bond donors (Lipinski definition) is 1. The number of hydrogen-bond acceptors (Lipinski definition) is 2. The summed E-state index contributed by atoms with van der Waals surface area (Å²) in [6, 6.07) is 7.52. The van der Waals surface area contributed by atoms with E-state index >= 15 is 0 Å². The molecule has 1 unspecified atom stereocenters. The standard InChI is InChI=1S/C13H15BrN2O/c1-8(2)12(14)13(17)16-11-6-4-5-9(3)10(11)7-15/h4-6,8,12H,1-3H3,(H,16,17). The predicted octanol–water partition coefficient (Wildman–Crippen LogP) is 3.22.